The Morgan fingerprint density at radius 2 is 2.22 bits per heavy atom. The van der Waals surface area contributed by atoms with Gasteiger partial charge in [0.1, 0.15) is 17.0 Å². The zero-order valence-electron chi connectivity index (χ0n) is 13.1. The minimum Gasteiger partial charge on any atom is -0.359 e. The van der Waals surface area contributed by atoms with Crippen LogP contribution in [-0.2, 0) is 19.4 Å². The molecule has 0 spiro atoms. The summed E-state index contributed by atoms with van der Waals surface area (Å²) in [6.45, 7) is 2.88. The molecule has 6 heteroatoms. The van der Waals surface area contributed by atoms with E-state index >= 15 is 0 Å². The molecule has 0 amide bonds. The molecule has 1 aliphatic heterocycles. The highest BCUT2D eigenvalue weighted by molar-refractivity contribution is 7.19. The molecule has 23 heavy (non-hydrogen) atoms. The number of likely N-dealkylation sites (N-methyl/N-ethyl adjacent to an activating group) is 1. The summed E-state index contributed by atoms with van der Waals surface area (Å²) in [6.07, 6.45) is 5.51. The molecule has 1 aliphatic rings. The van der Waals surface area contributed by atoms with Gasteiger partial charge in [-0.3, -0.25) is 4.98 Å². The molecule has 3 aromatic rings. The van der Waals surface area contributed by atoms with Crippen molar-refractivity contribution in [2.24, 2.45) is 0 Å². The van der Waals surface area contributed by atoms with Gasteiger partial charge in [0, 0.05) is 43.3 Å². The molecular weight excluding hydrogens is 306 g/mol. The van der Waals surface area contributed by atoms with Crippen LogP contribution in [0.1, 0.15) is 16.1 Å². The fraction of sp³-hybridized carbons (Fsp3) is 0.353. The zero-order chi connectivity index (χ0) is 15.6. The third-order valence-corrected chi connectivity index (χ3v) is 5.42. The first-order valence-corrected chi connectivity index (χ1v) is 8.71. The largest absolute Gasteiger partial charge is 0.359 e. The topological polar surface area (TPSA) is 53.9 Å². The first-order valence-electron chi connectivity index (χ1n) is 7.90. The molecule has 0 unspecified atom stereocenters. The summed E-state index contributed by atoms with van der Waals surface area (Å²) < 4.78 is 0. The third-order valence-electron chi connectivity index (χ3n) is 4.28. The van der Waals surface area contributed by atoms with Gasteiger partial charge in [-0.2, -0.15) is 0 Å². The van der Waals surface area contributed by atoms with Crippen LogP contribution in [0, 0.1) is 0 Å². The highest BCUT2D eigenvalue weighted by Gasteiger charge is 2.21. The Kier molecular flexibility index (Phi) is 3.93. The van der Waals surface area contributed by atoms with E-state index in [1.165, 1.54) is 15.8 Å². The second-order valence-corrected chi connectivity index (χ2v) is 6.88. The molecule has 0 fully saturated rings. The minimum absolute atomic E-state index is 0.895. The summed E-state index contributed by atoms with van der Waals surface area (Å²) in [6, 6.07) is 6.06. The summed E-state index contributed by atoms with van der Waals surface area (Å²) in [7, 11) is 2.11. The Hall–Kier alpha value is -2.05. The van der Waals surface area contributed by atoms with Crippen LogP contribution >= 0.6 is 11.3 Å². The maximum atomic E-state index is 4.58. The predicted molar refractivity (Wildman–Crippen MR) is 94.0 cm³/mol. The number of hydrogen-bond acceptors (Lipinski definition) is 6. The lowest BCUT2D eigenvalue weighted by molar-refractivity contribution is 0.657. The van der Waals surface area contributed by atoms with Gasteiger partial charge in [-0.15, -0.1) is 11.3 Å². The Bertz CT molecular complexity index is 814. The lowest BCUT2D eigenvalue weighted by Gasteiger charge is -2.20. The van der Waals surface area contributed by atoms with Crippen molar-refractivity contribution >= 4 is 27.4 Å². The van der Waals surface area contributed by atoms with E-state index in [0.29, 0.717) is 0 Å². The Morgan fingerprint density at radius 3 is 3.09 bits per heavy atom. The van der Waals surface area contributed by atoms with E-state index in [9.17, 15) is 0 Å². The van der Waals surface area contributed by atoms with Gasteiger partial charge in [0.25, 0.3) is 0 Å². The monoisotopic (exact) mass is 325 g/mol. The minimum atomic E-state index is 0.895. The summed E-state index contributed by atoms with van der Waals surface area (Å²) >= 11 is 1.79. The maximum absolute atomic E-state index is 4.58. The van der Waals surface area contributed by atoms with E-state index in [1.54, 1.807) is 17.7 Å². The van der Waals surface area contributed by atoms with Crippen molar-refractivity contribution in [1.29, 1.82) is 0 Å². The van der Waals surface area contributed by atoms with Gasteiger partial charge in [0.2, 0.25) is 0 Å². The van der Waals surface area contributed by atoms with Crippen LogP contribution in [0.4, 0.5) is 5.82 Å². The van der Waals surface area contributed by atoms with Crippen molar-refractivity contribution < 1.29 is 0 Å². The molecule has 4 rings (SSSR count). The second-order valence-electron chi connectivity index (χ2n) is 5.80. The van der Waals surface area contributed by atoms with Gasteiger partial charge >= 0.3 is 0 Å². The lowest BCUT2D eigenvalue weighted by Crippen LogP contribution is -2.24. The number of nitrogens with zero attached hydrogens (tertiary/aromatic N) is 4. The van der Waals surface area contributed by atoms with E-state index in [4.69, 9.17) is 0 Å². The van der Waals surface area contributed by atoms with Crippen LogP contribution in [0.15, 0.2) is 30.7 Å². The van der Waals surface area contributed by atoms with E-state index < -0.39 is 0 Å². The normalized spacial score (nSPS) is 14.0. The van der Waals surface area contributed by atoms with Crippen LogP contribution in [0.25, 0.3) is 10.2 Å². The quantitative estimate of drug-likeness (QED) is 0.798. The Balaban J connectivity index is 1.64. The summed E-state index contributed by atoms with van der Waals surface area (Å²) in [4.78, 5) is 18.2. The zero-order valence-corrected chi connectivity index (χ0v) is 13.9. The molecule has 0 radical (unpaired) electrons. The molecule has 0 saturated heterocycles. The second kappa shape index (κ2) is 6.22. The number of anilines is 1. The predicted octanol–water partition coefficient (Wildman–Crippen LogP) is 2.41. The van der Waals surface area contributed by atoms with Gasteiger partial charge in [-0.25, -0.2) is 9.97 Å². The average Bonchev–Trinajstić information content (AvgIpc) is 2.99. The van der Waals surface area contributed by atoms with E-state index in [0.717, 1.165) is 48.8 Å². The molecule has 118 valence electrons. The standard InChI is InChI=1S/C17H19N5S/c1-22(9-6-12-4-2-3-7-19-12)16-15-13-5-8-18-10-14(13)23-17(15)21-11-20-16/h2-4,7,11,18H,5-6,8-10H2,1H3. The lowest BCUT2D eigenvalue weighted by atomic mass is 10.1. The number of rotatable bonds is 4. The molecule has 3 aromatic heterocycles. The first-order chi connectivity index (χ1) is 11.3. The van der Waals surface area contributed by atoms with Crippen LogP contribution in [-0.4, -0.2) is 35.1 Å². The van der Waals surface area contributed by atoms with Gasteiger partial charge in [0.15, 0.2) is 0 Å². The van der Waals surface area contributed by atoms with E-state index in [1.807, 2.05) is 18.3 Å². The van der Waals surface area contributed by atoms with Gasteiger partial charge in [0.05, 0.1) is 5.39 Å². The van der Waals surface area contributed by atoms with Crippen LogP contribution in [0.3, 0.4) is 0 Å². The molecular formula is C17H19N5S. The van der Waals surface area contributed by atoms with Gasteiger partial charge < -0.3 is 10.2 Å². The summed E-state index contributed by atoms with van der Waals surface area (Å²) in [5, 5.41) is 4.69. The van der Waals surface area contributed by atoms with Gasteiger partial charge in [-0.05, 0) is 30.7 Å². The molecule has 1 N–H and O–H groups in total. The highest BCUT2D eigenvalue weighted by atomic mass is 32.1. The molecule has 0 bridgehead atoms. The number of pyridine rings is 1. The smallest absolute Gasteiger partial charge is 0.140 e. The first kappa shape index (κ1) is 14.5. The average molecular weight is 325 g/mol. The summed E-state index contributed by atoms with van der Waals surface area (Å²) in [5.74, 6) is 1.05. The number of hydrogen-bond donors (Lipinski definition) is 1. The SMILES string of the molecule is CN(CCc1ccccn1)c1ncnc2sc3c(c12)CCNC3. The fourth-order valence-corrected chi connectivity index (χ4v) is 4.22. The van der Waals surface area contributed by atoms with Crippen molar-refractivity contribution in [3.8, 4) is 0 Å². The third kappa shape index (κ3) is 2.80. The fourth-order valence-electron chi connectivity index (χ4n) is 3.07. The van der Waals surface area contributed by atoms with Crippen LogP contribution < -0.4 is 10.2 Å². The number of aromatic nitrogens is 3. The molecule has 4 heterocycles. The number of thiophene rings is 1. The highest BCUT2D eigenvalue weighted by Crippen LogP contribution is 2.36. The molecule has 0 aliphatic carbocycles. The molecule has 5 nitrogen and oxygen atoms in total. The van der Waals surface area contributed by atoms with Crippen molar-refractivity contribution in [3.05, 3.63) is 46.9 Å². The van der Waals surface area contributed by atoms with Crippen molar-refractivity contribution in [3.63, 3.8) is 0 Å². The van der Waals surface area contributed by atoms with Gasteiger partial charge in [-0.1, -0.05) is 6.07 Å². The summed E-state index contributed by atoms with van der Waals surface area (Å²) in [5.41, 5.74) is 2.55. The molecule has 0 saturated carbocycles. The Labute approximate surface area is 139 Å². The van der Waals surface area contributed by atoms with E-state index in [-0.39, 0.29) is 0 Å². The van der Waals surface area contributed by atoms with Crippen molar-refractivity contribution in [1.82, 2.24) is 20.3 Å². The van der Waals surface area contributed by atoms with Crippen molar-refractivity contribution in [2.75, 3.05) is 25.0 Å². The Morgan fingerprint density at radius 1 is 1.26 bits per heavy atom. The number of fused-ring (bicyclic) bond motifs is 3. The molecule has 0 aromatic carbocycles. The van der Waals surface area contributed by atoms with Crippen molar-refractivity contribution in [2.45, 2.75) is 19.4 Å². The van der Waals surface area contributed by atoms with Crippen LogP contribution in [0.2, 0.25) is 0 Å². The molecule has 0 atom stereocenters. The maximum Gasteiger partial charge on any atom is 0.140 e. The van der Waals surface area contributed by atoms with E-state index in [2.05, 4.69) is 38.3 Å². The van der Waals surface area contributed by atoms with Crippen LogP contribution in [0.5, 0.6) is 0 Å². The number of nitrogens with one attached hydrogen (secondary N) is 1.